The van der Waals surface area contributed by atoms with Crippen molar-refractivity contribution in [2.24, 2.45) is 0 Å². The Hall–Kier alpha value is -1.21. The zero-order chi connectivity index (χ0) is 11.5. The molecule has 16 heavy (non-hydrogen) atoms. The van der Waals surface area contributed by atoms with Crippen molar-refractivity contribution in [1.29, 1.82) is 0 Å². The maximum absolute atomic E-state index is 10.2. The fourth-order valence-electron chi connectivity index (χ4n) is 2.06. The normalized spacial score (nSPS) is 10.9. The minimum absolute atomic E-state index is 0.409. The molecule has 0 saturated heterocycles. The summed E-state index contributed by atoms with van der Waals surface area (Å²) in [7, 11) is 0. The van der Waals surface area contributed by atoms with Gasteiger partial charge in [0.05, 0.1) is 0 Å². The SMILES string of the molecule is Cc1cc(CCCCl)c(O)c2ccccc12. The average molecular weight is 235 g/mol. The lowest BCUT2D eigenvalue weighted by atomic mass is 9.98. The molecule has 0 atom stereocenters. The molecule has 1 N–H and O–H groups in total. The highest BCUT2D eigenvalue weighted by molar-refractivity contribution is 6.17. The number of aromatic hydroxyl groups is 1. The van der Waals surface area contributed by atoms with E-state index in [0.29, 0.717) is 11.6 Å². The van der Waals surface area contributed by atoms with Crippen LogP contribution in [0.1, 0.15) is 17.5 Å². The van der Waals surface area contributed by atoms with E-state index < -0.39 is 0 Å². The molecule has 2 heteroatoms. The first-order chi connectivity index (χ1) is 7.74. The zero-order valence-electron chi connectivity index (χ0n) is 9.33. The van der Waals surface area contributed by atoms with Gasteiger partial charge in [0.2, 0.25) is 0 Å². The Morgan fingerprint density at radius 2 is 1.88 bits per heavy atom. The molecular weight excluding hydrogens is 220 g/mol. The lowest BCUT2D eigenvalue weighted by Crippen LogP contribution is -1.90. The van der Waals surface area contributed by atoms with E-state index in [2.05, 4.69) is 13.0 Å². The smallest absolute Gasteiger partial charge is 0.126 e. The Labute approximate surface area is 101 Å². The molecule has 0 aliphatic rings. The van der Waals surface area contributed by atoms with Crippen LogP contribution in [0.4, 0.5) is 0 Å². The number of phenolic OH excluding ortho intramolecular Hbond substituents is 1. The summed E-state index contributed by atoms with van der Waals surface area (Å²) in [5, 5.41) is 12.2. The van der Waals surface area contributed by atoms with Crippen molar-refractivity contribution in [1.82, 2.24) is 0 Å². The predicted molar refractivity (Wildman–Crippen MR) is 69.4 cm³/mol. The molecule has 0 aliphatic heterocycles. The third-order valence-electron chi connectivity index (χ3n) is 2.88. The summed E-state index contributed by atoms with van der Waals surface area (Å²) in [5.74, 6) is 1.04. The first-order valence-corrected chi connectivity index (χ1v) is 6.03. The van der Waals surface area contributed by atoms with Gasteiger partial charge < -0.3 is 5.11 Å². The van der Waals surface area contributed by atoms with E-state index >= 15 is 0 Å². The van der Waals surface area contributed by atoms with Crippen LogP contribution in [-0.2, 0) is 6.42 Å². The summed E-state index contributed by atoms with van der Waals surface area (Å²) < 4.78 is 0. The summed E-state index contributed by atoms with van der Waals surface area (Å²) in [4.78, 5) is 0. The maximum Gasteiger partial charge on any atom is 0.126 e. The number of halogens is 1. The standard InChI is InChI=1S/C14H15ClO/c1-10-9-11(5-4-8-15)14(16)13-7-3-2-6-12(10)13/h2-3,6-7,9,16H,4-5,8H2,1H3. The number of fused-ring (bicyclic) bond motifs is 1. The van der Waals surface area contributed by atoms with Crippen LogP contribution in [0.15, 0.2) is 30.3 Å². The van der Waals surface area contributed by atoms with Gasteiger partial charge in [-0.3, -0.25) is 0 Å². The minimum atomic E-state index is 0.409. The Balaban J connectivity index is 2.56. The van der Waals surface area contributed by atoms with Crippen molar-refractivity contribution in [3.05, 3.63) is 41.5 Å². The molecule has 2 aromatic rings. The first-order valence-electron chi connectivity index (χ1n) is 5.50. The van der Waals surface area contributed by atoms with Crippen LogP contribution >= 0.6 is 11.6 Å². The number of alkyl halides is 1. The van der Waals surface area contributed by atoms with Crippen molar-refractivity contribution in [3.63, 3.8) is 0 Å². The largest absolute Gasteiger partial charge is 0.507 e. The number of aryl methyl sites for hydroxylation is 2. The van der Waals surface area contributed by atoms with Gasteiger partial charge in [-0.05, 0) is 36.3 Å². The molecule has 0 radical (unpaired) electrons. The van der Waals surface area contributed by atoms with Gasteiger partial charge in [-0.1, -0.05) is 30.3 Å². The Morgan fingerprint density at radius 3 is 2.56 bits per heavy atom. The topological polar surface area (TPSA) is 20.2 Å². The molecule has 0 heterocycles. The van der Waals surface area contributed by atoms with E-state index in [1.54, 1.807) is 0 Å². The van der Waals surface area contributed by atoms with Gasteiger partial charge in [0, 0.05) is 11.3 Å². The fraction of sp³-hybridized carbons (Fsp3) is 0.286. The highest BCUT2D eigenvalue weighted by atomic mass is 35.5. The van der Waals surface area contributed by atoms with Crippen LogP contribution in [0.3, 0.4) is 0 Å². The molecule has 2 aromatic carbocycles. The molecule has 0 fully saturated rings. The van der Waals surface area contributed by atoms with Crippen LogP contribution in [0.5, 0.6) is 5.75 Å². The monoisotopic (exact) mass is 234 g/mol. The molecule has 84 valence electrons. The lowest BCUT2D eigenvalue weighted by Gasteiger charge is -2.10. The second kappa shape index (κ2) is 4.75. The van der Waals surface area contributed by atoms with Gasteiger partial charge in [-0.2, -0.15) is 0 Å². The van der Waals surface area contributed by atoms with Gasteiger partial charge in [-0.25, -0.2) is 0 Å². The van der Waals surface area contributed by atoms with E-state index in [1.807, 2.05) is 24.3 Å². The highest BCUT2D eigenvalue weighted by Crippen LogP contribution is 2.31. The van der Waals surface area contributed by atoms with Crippen LogP contribution in [0.2, 0.25) is 0 Å². The van der Waals surface area contributed by atoms with Gasteiger partial charge in [-0.15, -0.1) is 11.6 Å². The highest BCUT2D eigenvalue weighted by Gasteiger charge is 2.08. The Bertz CT molecular complexity index is 505. The van der Waals surface area contributed by atoms with E-state index in [-0.39, 0.29) is 0 Å². The fourth-order valence-corrected chi connectivity index (χ4v) is 2.20. The molecule has 0 saturated carbocycles. The third kappa shape index (κ3) is 2.00. The summed E-state index contributed by atoms with van der Waals surface area (Å²) in [6.07, 6.45) is 1.73. The van der Waals surface area contributed by atoms with Crippen molar-refractivity contribution in [3.8, 4) is 5.75 Å². The number of rotatable bonds is 3. The Kier molecular flexibility index (Phi) is 3.35. The number of phenols is 1. The van der Waals surface area contributed by atoms with Crippen LogP contribution < -0.4 is 0 Å². The molecule has 0 amide bonds. The van der Waals surface area contributed by atoms with Gasteiger partial charge in [0.25, 0.3) is 0 Å². The van der Waals surface area contributed by atoms with Crippen molar-refractivity contribution >= 4 is 22.4 Å². The number of hydrogen-bond donors (Lipinski definition) is 1. The van der Waals surface area contributed by atoms with Gasteiger partial charge >= 0.3 is 0 Å². The Morgan fingerprint density at radius 1 is 1.19 bits per heavy atom. The van der Waals surface area contributed by atoms with Crippen LogP contribution in [0, 0.1) is 6.92 Å². The van der Waals surface area contributed by atoms with Crippen molar-refractivity contribution in [2.75, 3.05) is 5.88 Å². The molecule has 1 nitrogen and oxygen atoms in total. The third-order valence-corrected chi connectivity index (χ3v) is 3.15. The summed E-state index contributed by atoms with van der Waals surface area (Å²) in [6.45, 7) is 2.08. The summed E-state index contributed by atoms with van der Waals surface area (Å²) >= 11 is 5.68. The average Bonchev–Trinajstić information content (AvgIpc) is 2.32. The van der Waals surface area contributed by atoms with Crippen molar-refractivity contribution < 1.29 is 5.11 Å². The molecular formula is C14H15ClO. The zero-order valence-corrected chi connectivity index (χ0v) is 10.1. The first kappa shape index (κ1) is 11.3. The quantitative estimate of drug-likeness (QED) is 0.796. The number of hydrogen-bond acceptors (Lipinski definition) is 1. The molecule has 2 rings (SSSR count). The van der Waals surface area contributed by atoms with Gasteiger partial charge in [0.1, 0.15) is 5.75 Å². The molecule has 0 aliphatic carbocycles. The minimum Gasteiger partial charge on any atom is -0.507 e. The molecule has 0 spiro atoms. The van der Waals surface area contributed by atoms with E-state index in [0.717, 1.165) is 29.2 Å². The summed E-state index contributed by atoms with van der Waals surface area (Å²) in [5.41, 5.74) is 2.20. The van der Waals surface area contributed by atoms with E-state index in [9.17, 15) is 5.11 Å². The van der Waals surface area contributed by atoms with E-state index in [1.165, 1.54) is 5.56 Å². The lowest BCUT2D eigenvalue weighted by molar-refractivity contribution is 0.474. The van der Waals surface area contributed by atoms with Gasteiger partial charge in [0.15, 0.2) is 0 Å². The van der Waals surface area contributed by atoms with E-state index in [4.69, 9.17) is 11.6 Å². The van der Waals surface area contributed by atoms with Crippen LogP contribution in [0.25, 0.3) is 10.8 Å². The molecule has 0 bridgehead atoms. The molecule has 0 aromatic heterocycles. The second-order valence-corrected chi connectivity index (χ2v) is 4.42. The predicted octanol–water partition coefficient (Wildman–Crippen LogP) is 4.03. The maximum atomic E-state index is 10.2. The molecule has 0 unspecified atom stereocenters. The van der Waals surface area contributed by atoms with Crippen LogP contribution in [-0.4, -0.2) is 11.0 Å². The van der Waals surface area contributed by atoms with Crippen molar-refractivity contribution in [2.45, 2.75) is 19.8 Å². The number of benzene rings is 2. The second-order valence-electron chi connectivity index (χ2n) is 4.04. The summed E-state index contributed by atoms with van der Waals surface area (Å²) in [6, 6.07) is 10.0.